The second-order valence-corrected chi connectivity index (χ2v) is 4.71. The molecule has 0 atom stereocenters. The van der Waals surface area contributed by atoms with E-state index < -0.39 is 0 Å². The minimum Gasteiger partial charge on any atom is -0.368 e. The molecule has 0 spiro atoms. The predicted octanol–water partition coefficient (Wildman–Crippen LogP) is 1.76. The molecule has 1 rings (SSSR count). The highest BCUT2D eigenvalue weighted by Crippen LogP contribution is 2.24. The van der Waals surface area contributed by atoms with Crippen molar-refractivity contribution in [3.05, 3.63) is 28.8 Å². The van der Waals surface area contributed by atoms with Crippen molar-refractivity contribution in [3.63, 3.8) is 0 Å². The van der Waals surface area contributed by atoms with Crippen molar-refractivity contribution in [2.45, 2.75) is 19.9 Å². The maximum Gasteiger partial charge on any atom is 0.236 e. The molecule has 0 saturated carbocycles. The Bertz CT molecular complexity index is 409. The van der Waals surface area contributed by atoms with E-state index in [0.29, 0.717) is 5.02 Å². The lowest BCUT2D eigenvalue weighted by atomic mass is 10.1. The fourth-order valence-corrected chi connectivity index (χ4v) is 1.93. The minimum atomic E-state index is -0.357. The van der Waals surface area contributed by atoms with Crippen LogP contribution in [0.25, 0.3) is 0 Å². The number of nitrogens with one attached hydrogen (secondary N) is 1. The molecule has 1 amide bonds. The number of benzene rings is 1. The Balaban J connectivity index is 2.85. The van der Waals surface area contributed by atoms with E-state index in [9.17, 15) is 4.79 Å². The van der Waals surface area contributed by atoms with Gasteiger partial charge < -0.3 is 16.0 Å². The van der Waals surface area contributed by atoms with Crippen molar-refractivity contribution in [1.29, 1.82) is 0 Å². The first-order valence-electron chi connectivity index (χ1n) is 6.03. The van der Waals surface area contributed by atoms with Gasteiger partial charge in [0.05, 0.1) is 6.54 Å². The maximum absolute atomic E-state index is 11.0. The molecule has 0 heterocycles. The molecule has 0 saturated heterocycles. The van der Waals surface area contributed by atoms with Crippen LogP contribution in [0.4, 0.5) is 5.69 Å². The largest absolute Gasteiger partial charge is 0.368 e. The summed E-state index contributed by atoms with van der Waals surface area (Å²) in [5.41, 5.74) is 7.25. The summed E-state index contributed by atoms with van der Waals surface area (Å²) in [5.74, 6) is -0.357. The standard InChI is InChI=1S/C13H20ClN3O/c1-3-6-16-8-10-4-5-11(14)7-12(10)17(2)9-13(15)18/h4-5,7,16H,3,6,8-9H2,1-2H3,(H2,15,18). The van der Waals surface area contributed by atoms with Gasteiger partial charge in [0.15, 0.2) is 0 Å². The van der Waals surface area contributed by atoms with Gasteiger partial charge in [0, 0.05) is 24.3 Å². The molecule has 1 aromatic rings. The third-order valence-electron chi connectivity index (χ3n) is 2.59. The fraction of sp³-hybridized carbons (Fsp3) is 0.462. The molecule has 0 aliphatic carbocycles. The summed E-state index contributed by atoms with van der Waals surface area (Å²) in [6.07, 6.45) is 1.08. The number of likely N-dealkylation sites (N-methyl/N-ethyl adjacent to an activating group) is 1. The second kappa shape index (κ2) is 7.24. The number of primary amides is 1. The summed E-state index contributed by atoms with van der Waals surface area (Å²) >= 11 is 6.00. The molecule has 18 heavy (non-hydrogen) atoms. The van der Waals surface area contributed by atoms with E-state index >= 15 is 0 Å². The average molecular weight is 270 g/mol. The van der Waals surface area contributed by atoms with E-state index in [1.165, 1.54) is 0 Å². The normalized spacial score (nSPS) is 10.4. The lowest BCUT2D eigenvalue weighted by Crippen LogP contribution is -2.31. The van der Waals surface area contributed by atoms with E-state index in [1.807, 2.05) is 30.1 Å². The smallest absolute Gasteiger partial charge is 0.236 e. The number of rotatable bonds is 7. The van der Waals surface area contributed by atoms with E-state index in [2.05, 4.69) is 12.2 Å². The summed E-state index contributed by atoms with van der Waals surface area (Å²) in [7, 11) is 1.83. The van der Waals surface area contributed by atoms with Crippen molar-refractivity contribution in [2.24, 2.45) is 5.73 Å². The molecule has 0 bridgehead atoms. The summed E-state index contributed by atoms with van der Waals surface area (Å²) < 4.78 is 0. The van der Waals surface area contributed by atoms with E-state index in [1.54, 1.807) is 0 Å². The highest BCUT2D eigenvalue weighted by atomic mass is 35.5. The molecule has 0 fully saturated rings. The van der Waals surface area contributed by atoms with Gasteiger partial charge in [0.2, 0.25) is 5.91 Å². The zero-order valence-electron chi connectivity index (χ0n) is 10.9. The Kier molecular flexibility index (Phi) is 5.95. The van der Waals surface area contributed by atoms with Gasteiger partial charge in [-0.3, -0.25) is 4.79 Å². The van der Waals surface area contributed by atoms with Gasteiger partial charge in [-0.1, -0.05) is 24.6 Å². The molecular weight excluding hydrogens is 250 g/mol. The van der Waals surface area contributed by atoms with Gasteiger partial charge in [-0.15, -0.1) is 0 Å². The van der Waals surface area contributed by atoms with Crippen LogP contribution in [0.5, 0.6) is 0 Å². The molecule has 0 radical (unpaired) electrons. The van der Waals surface area contributed by atoms with Gasteiger partial charge in [-0.05, 0) is 30.7 Å². The fourth-order valence-electron chi connectivity index (χ4n) is 1.76. The van der Waals surface area contributed by atoms with Crippen molar-refractivity contribution < 1.29 is 4.79 Å². The van der Waals surface area contributed by atoms with E-state index in [-0.39, 0.29) is 12.5 Å². The molecule has 4 nitrogen and oxygen atoms in total. The molecule has 0 unspecified atom stereocenters. The summed E-state index contributed by atoms with van der Waals surface area (Å²) in [6.45, 7) is 4.02. The lowest BCUT2D eigenvalue weighted by Gasteiger charge is -2.21. The Morgan fingerprint density at radius 2 is 2.22 bits per heavy atom. The third kappa shape index (κ3) is 4.55. The average Bonchev–Trinajstić information content (AvgIpc) is 2.30. The third-order valence-corrected chi connectivity index (χ3v) is 2.83. The first kappa shape index (κ1) is 14.8. The molecular formula is C13H20ClN3O. The number of carbonyl (C=O) groups excluding carboxylic acids is 1. The number of halogens is 1. The summed E-state index contributed by atoms with van der Waals surface area (Å²) in [5, 5.41) is 3.99. The van der Waals surface area contributed by atoms with Crippen molar-refractivity contribution in [3.8, 4) is 0 Å². The maximum atomic E-state index is 11.0. The predicted molar refractivity (Wildman–Crippen MR) is 75.9 cm³/mol. The number of anilines is 1. The second-order valence-electron chi connectivity index (χ2n) is 4.27. The van der Waals surface area contributed by atoms with E-state index in [0.717, 1.165) is 30.8 Å². The molecule has 100 valence electrons. The van der Waals surface area contributed by atoms with E-state index in [4.69, 9.17) is 17.3 Å². The molecule has 0 aromatic heterocycles. The first-order chi connectivity index (χ1) is 8.54. The molecule has 0 aliphatic heterocycles. The van der Waals surface area contributed by atoms with Crippen LogP contribution in [0.15, 0.2) is 18.2 Å². The summed E-state index contributed by atoms with van der Waals surface area (Å²) in [6, 6.07) is 5.68. The molecule has 0 aliphatic rings. The van der Waals surface area contributed by atoms with Crippen LogP contribution < -0.4 is 16.0 Å². The Morgan fingerprint density at radius 1 is 1.50 bits per heavy atom. The Morgan fingerprint density at radius 3 is 2.83 bits per heavy atom. The number of nitrogens with zero attached hydrogens (tertiary/aromatic N) is 1. The van der Waals surface area contributed by atoms with Gasteiger partial charge in [-0.2, -0.15) is 0 Å². The lowest BCUT2D eigenvalue weighted by molar-refractivity contribution is -0.116. The van der Waals surface area contributed by atoms with Crippen LogP contribution >= 0.6 is 11.6 Å². The number of nitrogens with two attached hydrogens (primary N) is 1. The summed E-state index contributed by atoms with van der Waals surface area (Å²) in [4.78, 5) is 12.8. The molecule has 3 N–H and O–H groups in total. The number of hydrogen-bond acceptors (Lipinski definition) is 3. The molecule has 1 aromatic carbocycles. The topological polar surface area (TPSA) is 58.4 Å². The number of amides is 1. The minimum absolute atomic E-state index is 0.182. The van der Waals surface area contributed by atoms with Crippen LogP contribution in [0, 0.1) is 0 Å². The van der Waals surface area contributed by atoms with Crippen LogP contribution in [0.1, 0.15) is 18.9 Å². The number of carbonyl (C=O) groups is 1. The van der Waals surface area contributed by atoms with Crippen molar-refractivity contribution in [2.75, 3.05) is 25.0 Å². The monoisotopic (exact) mass is 269 g/mol. The highest BCUT2D eigenvalue weighted by molar-refractivity contribution is 6.30. The van der Waals surface area contributed by atoms with Crippen LogP contribution in [-0.2, 0) is 11.3 Å². The number of hydrogen-bond donors (Lipinski definition) is 2. The zero-order valence-corrected chi connectivity index (χ0v) is 11.6. The Hall–Kier alpha value is -1.26. The van der Waals surface area contributed by atoms with Crippen LogP contribution in [0.2, 0.25) is 5.02 Å². The van der Waals surface area contributed by atoms with Crippen LogP contribution in [-0.4, -0.2) is 26.0 Å². The SMILES string of the molecule is CCCNCc1ccc(Cl)cc1N(C)CC(N)=O. The van der Waals surface area contributed by atoms with Crippen LogP contribution in [0.3, 0.4) is 0 Å². The van der Waals surface area contributed by atoms with Gasteiger partial charge in [0.1, 0.15) is 0 Å². The van der Waals surface area contributed by atoms with Gasteiger partial charge in [0.25, 0.3) is 0 Å². The Labute approximate surface area is 113 Å². The van der Waals surface area contributed by atoms with Gasteiger partial charge >= 0.3 is 0 Å². The first-order valence-corrected chi connectivity index (χ1v) is 6.41. The highest BCUT2D eigenvalue weighted by Gasteiger charge is 2.10. The van der Waals surface area contributed by atoms with Crippen molar-refractivity contribution >= 4 is 23.2 Å². The molecule has 5 heteroatoms. The zero-order chi connectivity index (χ0) is 13.5. The van der Waals surface area contributed by atoms with Crippen molar-refractivity contribution in [1.82, 2.24) is 5.32 Å². The van der Waals surface area contributed by atoms with Gasteiger partial charge in [-0.25, -0.2) is 0 Å². The quantitative estimate of drug-likeness (QED) is 0.742.